The Bertz CT molecular complexity index is 283. The maximum Gasteiger partial charge on any atom is 0.133 e. The summed E-state index contributed by atoms with van der Waals surface area (Å²) in [4.78, 5) is 0. The van der Waals surface area contributed by atoms with Gasteiger partial charge in [0.15, 0.2) is 0 Å². The fourth-order valence-corrected chi connectivity index (χ4v) is 0.906. The Hall–Kier alpha value is 0.396. The molecule has 0 N–H and O–H groups in total. The van der Waals surface area contributed by atoms with E-state index in [0.717, 1.165) is 11.0 Å². The smallest absolute Gasteiger partial charge is 0.133 e. The number of furan rings is 1. The zero-order chi connectivity index (χ0) is 6.10. The maximum absolute atomic E-state index is 5.12. The molecule has 2 heteroatoms. The van der Waals surface area contributed by atoms with Crippen LogP contribution in [0, 0.1) is 0 Å². The summed E-state index contributed by atoms with van der Waals surface area (Å²) < 4.78 is 5.12. The summed E-state index contributed by atoms with van der Waals surface area (Å²) in [7, 11) is 0. The second-order valence-electron chi connectivity index (χ2n) is 1.96. The monoisotopic (exact) mass is 157 g/mol. The minimum atomic E-state index is 0. The summed E-state index contributed by atoms with van der Waals surface area (Å²) in [5.41, 5.74) is 0.956. The van der Waals surface area contributed by atoms with E-state index in [-0.39, 0.29) is 51.4 Å². The van der Waals surface area contributed by atoms with E-state index in [0.29, 0.717) is 0 Å². The summed E-state index contributed by atoms with van der Waals surface area (Å²) in [6.07, 6.45) is 1.70. The third-order valence-electron chi connectivity index (χ3n) is 1.36. The molecule has 1 nitrogen and oxygen atoms in total. The first-order valence-electron chi connectivity index (χ1n) is 2.89. The van der Waals surface area contributed by atoms with Crippen molar-refractivity contribution in [1.82, 2.24) is 0 Å². The minimum Gasteiger partial charge on any atom is -0.464 e. The second-order valence-corrected chi connectivity index (χ2v) is 1.96. The third-order valence-corrected chi connectivity index (χ3v) is 1.36. The van der Waals surface area contributed by atoms with Gasteiger partial charge in [-0.3, -0.25) is 0 Å². The van der Waals surface area contributed by atoms with Crippen molar-refractivity contribution in [2.75, 3.05) is 0 Å². The molecule has 0 fully saturated rings. The van der Waals surface area contributed by atoms with Crippen molar-refractivity contribution in [3.05, 3.63) is 36.6 Å². The van der Waals surface area contributed by atoms with Crippen molar-refractivity contribution in [3.63, 3.8) is 0 Å². The number of benzene rings is 1. The van der Waals surface area contributed by atoms with E-state index in [2.05, 4.69) is 0 Å². The molecule has 0 saturated carbocycles. The van der Waals surface area contributed by atoms with Gasteiger partial charge in [0.1, 0.15) is 5.58 Å². The first-order valence-corrected chi connectivity index (χ1v) is 2.89. The van der Waals surface area contributed by atoms with Crippen LogP contribution in [-0.2, 0) is 0 Å². The van der Waals surface area contributed by atoms with Gasteiger partial charge in [-0.05, 0) is 12.1 Å². The molecule has 0 spiro atoms. The van der Waals surface area contributed by atoms with Gasteiger partial charge in [0, 0.05) is 56.8 Å². The van der Waals surface area contributed by atoms with E-state index in [4.69, 9.17) is 4.42 Å². The normalized spacial score (nSPS) is 9.20. The van der Waals surface area contributed by atoms with E-state index < -0.39 is 0 Å². The molecule has 45 valence electrons. The summed E-state index contributed by atoms with van der Waals surface area (Å²) >= 11 is 0. The van der Waals surface area contributed by atoms with Gasteiger partial charge in [0.25, 0.3) is 0 Å². The average molecular weight is 157 g/mol. The Balaban J connectivity index is 0.000000500. The largest absolute Gasteiger partial charge is 0.464 e. The first-order chi connectivity index (χ1) is 4.47. The number of hydrogen-bond donors (Lipinski definition) is 0. The minimum absolute atomic E-state index is 0. The van der Waals surface area contributed by atoms with E-state index in [1.165, 1.54) is 0 Å². The topological polar surface area (TPSA) is 13.1 Å². The Morgan fingerprint density at radius 2 is 1.80 bits per heavy atom. The van der Waals surface area contributed by atoms with Crippen LogP contribution in [0.2, 0.25) is 0 Å². The number of hydrogen-bond acceptors (Lipinski definition) is 1. The summed E-state index contributed by atoms with van der Waals surface area (Å²) in [6, 6.07) is 9.90. The van der Waals surface area contributed by atoms with Crippen LogP contribution in [-0.4, -0.2) is 51.4 Å². The van der Waals surface area contributed by atoms with Crippen molar-refractivity contribution in [2.45, 2.75) is 0 Å². The van der Waals surface area contributed by atoms with Crippen LogP contribution < -0.4 is 0 Å². The molecule has 1 radical (unpaired) electrons. The summed E-state index contributed by atoms with van der Waals surface area (Å²) in [5.74, 6) is 0. The molecule has 0 aliphatic heterocycles. The average Bonchev–Trinajstić information content (AvgIpc) is 2.33. The van der Waals surface area contributed by atoms with E-state index in [1.807, 2.05) is 30.3 Å². The molecule has 0 saturated heterocycles. The molecule has 1 aromatic heterocycles. The number of fused-ring (bicyclic) bond motifs is 1. The van der Waals surface area contributed by atoms with E-state index >= 15 is 0 Å². The van der Waals surface area contributed by atoms with Gasteiger partial charge in [0.05, 0.1) is 6.26 Å². The van der Waals surface area contributed by atoms with E-state index in [1.54, 1.807) is 6.26 Å². The molecular formula is C8H6KO. The predicted molar refractivity (Wildman–Crippen MR) is 42.0 cm³/mol. The van der Waals surface area contributed by atoms with Gasteiger partial charge < -0.3 is 4.42 Å². The maximum atomic E-state index is 5.12. The van der Waals surface area contributed by atoms with Crippen molar-refractivity contribution in [2.24, 2.45) is 0 Å². The molecule has 0 aliphatic rings. The molecule has 2 rings (SSSR count). The van der Waals surface area contributed by atoms with Gasteiger partial charge in [0.2, 0.25) is 0 Å². The van der Waals surface area contributed by atoms with Crippen LogP contribution in [0.5, 0.6) is 0 Å². The van der Waals surface area contributed by atoms with Crippen molar-refractivity contribution in [1.29, 1.82) is 0 Å². The van der Waals surface area contributed by atoms with Crippen LogP contribution in [0.25, 0.3) is 11.0 Å². The molecule has 0 amide bonds. The van der Waals surface area contributed by atoms with Crippen LogP contribution in [0.4, 0.5) is 0 Å². The zero-order valence-corrected chi connectivity index (χ0v) is 9.00. The number of para-hydroxylation sites is 1. The molecule has 0 unspecified atom stereocenters. The summed E-state index contributed by atoms with van der Waals surface area (Å²) in [5, 5.41) is 1.16. The molecule has 0 aliphatic carbocycles. The Morgan fingerprint density at radius 1 is 1.00 bits per heavy atom. The standard InChI is InChI=1S/C8H6O.K/c1-2-4-8-7(3-1)5-6-9-8;/h1-6H;. The molecule has 10 heavy (non-hydrogen) atoms. The van der Waals surface area contributed by atoms with Crippen molar-refractivity contribution >= 4 is 62.4 Å². The molecule has 0 atom stereocenters. The Labute approximate surface area is 102 Å². The fraction of sp³-hybridized carbons (Fsp3) is 0. The molecule has 1 heterocycles. The number of rotatable bonds is 0. The zero-order valence-electron chi connectivity index (χ0n) is 5.87. The Morgan fingerprint density at radius 3 is 2.60 bits per heavy atom. The SMILES string of the molecule is [K].c1ccc2occc2c1. The third kappa shape index (κ3) is 1.52. The first kappa shape index (κ1) is 8.49. The quantitative estimate of drug-likeness (QED) is 0.533. The van der Waals surface area contributed by atoms with Gasteiger partial charge in [-0.25, -0.2) is 0 Å². The Kier molecular flexibility index (Phi) is 3.13. The van der Waals surface area contributed by atoms with Crippen LogP contribution in [0.3, 0.4) is 0 Å². The van der Waals surface area contributed by atoms with Crippen molar-refractivity contribution < 1.29 is 4.42 Å². The van der Waals surface area contributed by atoms with Crippen LogP contribution in [0.1, 0.15) is 0 Å². The van der Waals surface area contributed by atoms with Crippen molar-refractivity contribution in [3.8, 4) is 0 Å². The molecule has 1 aromatic carbocycles. The van der Waals surface area contributed by atoms with Gasteiger partial charge in [-0.15, -0.1) is 0 Å². The molecular weight excluding hydrogens is 151 g/mol. The second kappa shape index (κ2) is 3.69. The van der Waals surface area contributed by atoms with Gasteiger partial charge in [-0.2, -0.15) is 0 Å². The van der Waals surface area contributed by atoms with Crippen LogP contribution in [0.15, 0.2) is 41.0 Å². The fourth-order valence-electron chi connectivity index (χ4n) is 0.906. The molecule has 2 aromatic rings. The van der Waals surface area contributed by atoms with Crippen LogP contribution >= 0.6 is 0 Å². The predicted octanol–water partition coefficient (Wildman–Crippen LogP) is 2.05. The van der Waals surface area contributed by atoms with Gasteiger partial charge >= 0.3 is 0 Å². The van der Waals surface area contributed by atoms with Gasteiger partial charge in [-0.1, -0.05) is 18.2 Å². The van der Waals surface area contributed by atoms with E-state index in [9.17, 15) is 0 Å². The summed E-state index contributed by atoms with van der Waals surface area (Å²) in [6.45, 7) is 0. The molecule has 0 bridgehead atoms.